The molecule has 0 aromatic rings. The van der Waals surface area contributed by atoms with Crippen molar-refractivity contribution in [1.29, 1.82) is 0 Å². The fraction of sp³-hybridized carbons (Fsp3) is 0.778. The standard InChI is InChI=1S/C9H17N3O2/c1-6(10-2)9(14)11-5-8(13)12-7-3-4-7/h6-7,10H,3-5H2,1-2H3,(H,11,14)(H,12,13). The van der Waals surface area contributed by atoms with Crippen LogP contribution < -0.4 is 16.0 Å². The van der Waals surface area contributed by atoms with Gasteiger partial charge < -0.3 is 16.0 Å². The fourth-order valence-corrected chi connectivity index (χ4v) is 0.958. The number of rotatable bonds is 5. The van der Waals surface area contributed by atoms with Crippen molar-refractivity contribution in [3.8, 4) is 0 Å². The van der Waals surface area contributed by atoms with E-state index in [0.29, 0.717) is 6.04 Å². The average molecular weight is 199 g/mol. The normalized spacial score (nSPS) is 17.3. The van der Waals surface area contributed by atoms with Crippen LogP contribution in [0.15, 0.2) is 0 Å². The Labute approximate surface area is 83.6 Å². The number of hydrogen-bond donors (Lipinski definition) is 3. The third-order valence-corrected chi connectivity index (χ3v) is 2.19. The molecule has 3 N–H and O–H groups in total. The van der Waals surface area contributed by atoms with Crippen LogP contribution >= 0.6 is 0 Å². The number of amides is 2. The zero-order chi connectivity index (χ0) is 10.6. The van der Waals surface area contributed by atoms with Crippen LogP contribution in [0.5, 0.6) is 0 Å². The van der Waals surface area contributed by atoms with E-state index in [1.807, 2.05) is 0 Å². The first-order valence-electron chi connectivity index (χ1n) is 4.88. The average Bonchev–Trinajstić information content (AvgIpc) is 2.96. The maximum Gasteiger partial charge on any atom is 0.239 e. The second-order valence-electron chi connectivity index (χ2n) is 3.57. The molecule has 1 unspecified atom stereocenters. The van der Waals surface area contributed by atoms with Crippen molar-refractivity contribution in [3.05, 3.63) is 0 Å². The Morgan fingerprint density at radius 2 is 2.07 bits per heavy atom. The van der Waals surface area contributed by atoms with E-state index < -0.39 is 0 Å². The highest BCUT2D eigenvalue weighted by atomic mass is 16.2. The lowest BCUT2D eigenvalue weighted by Gasteiger charge is -2.10. The number of carbonyl (C=O) groups is 2. The van der Waals surface area contributed by atoms with E-state index in [1.165, 1.54) is 0 Å². The van der Waals surface area contributed by atoms with E-state index in [0.717, 1.165) is 12.8 Å². The van der Waals surface area contributed by atoms with E-state index in [-0.39, 0.29) is 24.4 Å². The molecule has 0 saturated heterocycles. The highest BCUT2D eigenvalue weighted by Gasteiger charge is 2.23. The van der Waals surface area contributed by atoms with Gasteiger partial charge in [-0.3, -0.25) is 9.59 Å². The summed E-state index contributed by atoms with van der Waals surface area (Å²) in [5, 5.41) is 8.14. The summed E-state index contributed by atoms with van der Waals surface area (Å²) >= 11 is 0. The van der Waals surface area contributed by atoms with Crippen LogP contribution in [0.3, 0.4) is 0 Å². The Hall–Kier alpha value is -1.10. The van der Waals surface area contributed by atoms with E-state index in [1.54, 1.807) is 14.0 Å². The molecule has 2 amide bonds. The van der Waals surface area contributed by atoms with Crippen molar-refractivity contribution >= 4 is 11.8 Å². The quantitative estimate of drug-likeness (QED) is 0.531. The SMILES string of the molecule is CNC(C)C(=O)NCC(=O)NC1CC1. The predicted octanol–water partition coefficient (Wildman–Crippen LogP) is -1.01. The minimum atomic E-state index is -0.260. The van der Waals surface area contributed by atoms with Gasteiger partial charge in [-0.05, 0) is 26.8 Å². The summed E-state index contributed by atoms with van der Waals surface area (Å²) in [5.74, 6) is -0.261. The van der Waals surface area contributed by atoms with Crippen molar-refractivity contribution < 1.29 is 9.59 Å². The molecule has 1 aliphatic carbocycles. The van der Waals surface area contributed by atoms with Crippen LogP contribution in [0, 0.1) is 0 Å². The van der Waals surface area contributed by atoms with Crippen LogP contribution in [0.4, 0.5) is 0 Å². The summed E-state index contributed by atoms with van der Waals surface area (Å²) < 4.78 is 0. The molecule has 0 aromatic heterocycles. The van der Waals surface area contributed by atoms with Crippen LogP contribution in [0.2, 0.25) is 0 Å². The summed E-state index contributed by atoms with van der Waals surface area (Å²) in [6, 6.07) is 0.0878. The van der Waals surface area contributed by atoms with Gasteiger partial charge in [0.2, 0.25) is 11.8 Å². The summed E-state index contributed by atoms with van der Waals surface area (Å²) in [4.78, 5) is 22.4. The second kappa shape index (κ2) is 4.95. The van der Waals surface area contributed by atoms with Crippen molar-refractivity contribution in [2.45, 2.75) is 31.8 Å². The van der Waals surface area contributed by atoms with E-state index in [4.69, 9.17) is 0 Å². The molecule has 1 rings (SSSR count). The molecule has 0 radical (unpaired) electrons. The van der Waals surface area contributed by atoms with Gasteiger partial charge in [0.1, 0.15) is 0 Å². The van der Waals surface area contributed by atoms with Crippen LogP contribution in [0.1, 0.15) is 19.8 Å². The minimum Gasteiger partial charge on any atom is -0.352 e. The summed E-state index contributed by atoms with van der Waals surface area (Å²) in [5.41, 5.74) is 0. The zero-order valence-corrected chi connectivity index (χ0v) is 8.59. The van der Waals surface area contributed by atoms with Crippen LogP contribution in [-0.4, -0.2) is 37.5 Å². The third kappa shape index (κ3) is 3.74. The number of nitrogens with one attached hydrogen (secondary N) is 3. The Balaban J connectivity index is 2.11. The molecule has 0 aliphatic heterocycles. The van der Waals surface area contributed by atoms with Gasteiger partial charge in [0.05, 0.1) is 12.6 Å². The molecule has 1 atom stereocenters. The van der Waals surface area contributed by atoms with Crippen molar-refractivity contribution in [3.63, 3.8) is 0 Å². The Kier molecular flexibility index (Phi) is 3.88. The molecule has 0 aromatic carbocycles. The molecule has 1 aliphatic rings. The summed E-state index contributed by atoms with van der Waals surface area (Å²) in [6.45, 7) is 1.81. The molecule has 0 heterocycles. The molecule has 14 heavy (non-hydrogen) atoms. The number of hydrogen-bond acceptors (Lipinski definition) is 3. The number of likely N-dealkylation sites (N-methyl/N-ethyl adjacent to an activating group) is 1. The second-order valence-corrected chi connectivity index (χ2v) is 3.57. The molecular weight excluding hydrogens is 182 g/mol. The van der Waals surface area contributed by atoms with Crippen LogP contribution in [-0.2, 0) is 9.59 Å². The van der Waals surface area contributed by atoms with Gasteiger partial charge >= 0.3 is 0 Å². The van der Waals surface area contributed by atoms with Crippen molar-refractivity contribution in [1.82, 2.24) is 16.0 Å². The van der Waals surface area contributed by atoms with E-state index in [2.05, 4.69) is 16.0 Å². The first-order chi connectivity index (χ1) is 6.63. The summed E-state index contributed by atoms with van der Waals surface area (Å²) in [7, 11) is 1.70. The first-order valence-corrected chi connectivity index (χ1v) is 4.88. The Bertz CT molecular complexity index is 226. The molecule has 5 heteroatoms. The van der Waals surface area contributed by atoms with E-state index in [9.17, 15) is 9.59 Å². The van der Waals surface area contributed by atoms with Crippen molar-refractivity contribution in [2.75, 3.05) is 13.6 Å². The van der Waals surface area contributed by atoms with Gasteiger partial charge in [-0.15, -0.1) is 0 Å². The molecule has 5 nitrogen and oxygen atoms in total. The topological polar surface area (TPSA) is 70.2 Å². The molecule has 80 valence electrons. The first kappa shape index (κ1) is 11.0. The van der Waals surface area contributed by atoms with Gasteiger partial charge in [0.25, 0.3) is 0 Å². The lowest BCUT2D eigenvalue weighted by atomic mass is 10.3. The van der Waals surface area contributed by atoms with Gasteiger partial charge in [-0.25, -0.2) is 0 Å². The molecular formula is C9H17N3O2. The maximum absolute atomic E-state index is 11.2. The molecule has 1 saturated carbocycles. The lowest BCUT2D eigenvalue weighted by molar-refractivity contribution is -0.127. The van der Waals surface area contributed by atoms with Crippen molar-refractivity contribution in [2.24, 2.45) is 0 Å². The third-order valence-electron chi connectivity index (χ3n) is 2.19. The molecule has 0 spiro atoms. The van der Waals surface area contributed by atoms with Gasteiger partial charge in [0, 0.05) is 6.04 Å². The highest BCUT2D eigenvalue weighted by Crippen LogP contribution is 2.18. The molecule has 1 fully saturated rings. The van der Waals surface area contributed by atoms with Gasteiger partial charge in [-0.1, -0.05) is 0 Å². The van der Waals surface area contributed by atoms with Gasteiger partial charge in [0.15, 0.2) is 0 Å². The molecule has 0 bridgehead atoms. The number of carbonyl (C=O) groups excluding carboxylic acids is 2. The Morgan fingerprint density at radius 3 is 2.57 bits per heavy atom. The largest absolute Gasteiger partial charge is 0.352 e. The zero-order valence-electron chi connectivity index (χ0n) is 8.59. The lowest BCUT2D eigenvalue weighted by Crippen LogP contribution is -2.45. The highest BCUT2D eigenvalue weighted by molar-refractivity contribution is 5.87. The summed E-state index contributed by atoms with van der Waals surface area (Å²) in [6.07, 6.45) is 2.12. The maximum atomic E-state index is 11.2. The minimum absolute atomic E-state index is 0.0708. The predicted molar refractivity (Wildman–Crippen MR) is 52.7 cm³/mol. The van der Waals surface area contributed by atoms with Crippen LogP contribution in [0.25, 0.3) is 0 Å². The fourth-order valence-electron chi connectivity index (χ4n) is 0.958. The smallest absolute Gasteiger partial charge is 0.239 e. The van der Waals surface area contributed by atoms with Gasteiger partial charge in [-0.2, -0.15) is 0 Å². The monoisotopic (exact) mass is 199 g/mol. The Morgan fingerprint density at radius 1 is 1.43 bits per heavy atom. The van der Waals surface area contributed by atoms with E-state index >= 15 is 0 Å².